The van der Waals surface area contributed by atoms with Gasteiger partial charge in [-0.2, -0.15) is 0 Å². The smallest absolute Gasteiger partial charge is 0.126 e. The van der Waals surface area contributed by atoms with Crippen molar-refractivity contribution < 1.29 is 13.9 Å². The molecule has 0 spiro atoms. The molecule has 2 atom stereocenters. The number of halogens is 2. The van der Waals surface area contributed by atoms with Gasteiger partial charge in [0.25, 0.3) is 0 Å². The first kappa shape index (κ1) is 16.0. The fraction of sp³-hybridized carbons (Fsp3) is 0.500. The van der Waals surface area contributed by atoms with E-state index < -0.39 is 11.6 Å². The van der Waals surface area contributed by atoms with Crippen LogP contribution in [0.25, 0.3) is 0 Å². The number of aliphatic hydroxyl groups excluding tert-OH is 1. The quantitative estimate of drug-likeness (QED) is 0.673. The third kappa shape index (κ3) is 6.09. The van der Waals surface area contributed by atoms with E-state index in [0.717, 1.165) is 12.5 Å². The first-order valence-electron chi connectivity index (χ1n) is 6.46. The average Bonchev–Trinajstić information content (AvgIpc) is 2.33. The molecule has 1 aromatic rings. The number of hydrogen-bond donors (Lipinski definition) is 3. The highest BCUT2D eigenvalue weighted by Crippen LogP contribution is 2.12. The van der Waals surface area contributed by atoms with E-state index in [0.29, 0.717) is 18.5 Å². The Morgan fingerprint density at radius 1 is 1.32 bits per heavy atom. The summed E-state index contributed by atoms with van der Waals surface area (Å²) in [5.41, 5.74) is 6.32. The lowest BCUT2D eigenvalue weighted by molar-refractivity contribution is 0.238. The molecule has 5 heteroatoms. The van der Waals surface area contributed by atoms with E-state index >= 15 is 0 Å². The molecule has 0 saturated heterocycles. The predicted octanol–water partition coefficient (Wildman–Crippen LogP) is 1.60. The highest BCUT2D eigenvalue weighted by Gasteiger charge is 2.09. The summed E-state index contributed by atoms with van der Waals surface area (Å²) in [5.74, 6) is -1.22. The van der Waals surface area contributed by atoms with E-state index in [1.165, 1.54) is 12.1 Å². The van der Waals surface area contributed by atoms with Gasteiger partial charge in [-0.25, -0.2) is 8.78 Å². The Kier molecular flexibility index (Phi) is 6.91. The molecule has 0 aliphatic carbocycles. The lowest BCUT2D eigenvalue weighted by Crippen LogP contribution is -2.35. The minimum Gasteiger partial charge on any atom is -0.395 e. The molecule has 0 aliphatic rings. The third-order valence-electron chi connectivity index (χ3n) is 2.92. The van der Waals surface area contributed by atoms with Gasteiger partial charge in [-0.3, -0.25) is 0 Å². The second-order valence-corrected chi connectivity index (χ2v) is 4.56. The van der Waals surface area contributed by atoms with E-state index in [-0.39, 0.29) is 18.7 Å². The lowest BCUT2D eigenvalue weighted by atomic mass is 10.0. The van der Waals surface area contributed by atoms with Gasteiger partial charge < -0.3 is 16.2 Å². The van der Waals surface area contributed by atoms with Crippen molar-refractivity contribution in [2.24, 2.45) is 5.73 Å². The molecule has 0 aromatic heterocycles. The second kappa shape index (κ2) is 8.19. The monoisotopic (exact) mass is 271 g/mol. The molecule has 1 aromatic carbocycles. The molecule has 0 fully saturated rings. The predicted molar refractivity (Wildman–Crippen MR) is 71.5 cm³/mol. The summed E-state index contributed by atoms with van der Waals surface area (Å²) in [6, 6.07) is 3.11. The summed E-state index contributed by atoms with van der Waals surface area (Å²) in [6.07, 6.45) is 3.10. The van der Waals surface area contributed by atoms with Crippen LogP contribution in [0, 0.1) is 18.1 Å². The minimum absolute atomic E-state index is 0.0683. The molecule has 0 bridgehead atoms. The van der Waals surface area contributed by atoms with Crippen LogP contribution in [0.1, 0.15) is 25.3 Å². The zero-order chi connectivity index (χ0) is 14.3. The highest BCUT2D eigenvalue weighted by molar-refractivity contribution is 5.26. The maximum Gasteiger partial charge on any atom is 0.126 e. The van der Waals surface area contributed by atoms with Crippen LogP contribution in [-0.4, -0.2) is 30.3 Å². The van der Waals surface area contributed by atoms with Gasteiger partial charge >= 0.3 is 0 Å². The molecule has 19 heavy (non-hydrogen) atoms. The van der Waals surface area contributed by atoms with Gasteiger partial charge in [-0.05, 0) is 37.1 Å². The SMILES string of the molecule is CC[C@H](CO)NCC[C@@H](N)[CH]c1cc(F)cc(F)c1. The number of hydrogen-bond acceptors (Lipinski definition) is 3. The second-order valence-electron chi connectivity index (χ2n) is 4.56. The van der Waals surface area contributed by atoms with Crippen LogP contribution < -0.4 is 11.1 Å². The summed E-state index contributed by atoms with van der Waals surface area (Å²) in [6.45, 7) is 2.72. The highest BCUT2D eigenvalue weighted by atomic mass is 19.1. The van der Waals surface area contributed by atoms with Crippen molar-refractivity contribution in [3.63, 3.8) is 0 Å². The lowest BCUT2D eigenvalue weighted by Gasteiger charge is -2.16. The van der Waals surface area contributed by atoms with Gasteiger partial charge in [0.2, 0.25) is 0 Å². The van der Waals surface area contributed by atoms with Crippen LogP contribution in [0.15, 0.2) is 18.2 Å². The first-order valence-corrected chi connectivity index (χ1v) is 6.46. The zero-order valence-corrected chi connectivity index (χ0v) is 11.1. The number of nitrogens with two attached hydrogens (primary N) is 1. The Morgan fingerprint density at radius 3 is 2.47 bits per heavy atom. The summed E-state index contributed by atoms with van der Waals surface area (Å²) in [4.78, 5) is 0. The van der Waals surface area contributed by atoms with Gasteiger partial charge in [-0.1, -0.05) is 6.92 Å². The van der Waals surface area contributed by atoms with Crippen molar-refractivity contribution in [3.8, 4) is 0 Å². The van der Waals surface area contributed by atoms with Crippen molar-refractivity contribution in [1.82, 2.24) is 5.32 Å². The van der Waals surface area contributed by atoms with Crippen LogP contribution in [0.5, 0.6) is 0 Å². The van der Waals surface area contributed by atoms with Crippen LogP contribution >= 0.6 is 0 Å². The molecule has 107 valence electrons. The number of nitrogens with one attached hydrogen (secondary N) is 1. The Labute approximate surface area is 112 Å². The molecular weight excluding hydrogens is 250 g/mol. The molecule has 0 heterocycles. The molecule has 4 N–H and O–H groups in total. The summed E-state index contributed by atoms with van der Waals surface area (Å²) in [7, 11) is 0. The average molecular weight is 271 g/mol. The van der Waals surface area contributed by atoms with Crippen molar-refractivity contribution in [1.29, 1.82) is 0 Å². The Morgan fingerprint density at radius 2 is 1.95 bits per heavy atom. The molecule has 3 nitrogen and oxygen atoms in total. The van der Waals surface area contributed by atoms with E-state index in [2.05, 4.69) is 5.32 Å². The molecule has 0 unspecified atom stereocenters. The minimum atomic E-state index is -0.608. The van der Waals surface area contributed by atoms with Crippen molar-refractivity contribution in [2.45, 2.75) is 31.8 Å². The maximum atomic E-state index is 13.0. The Bertz CT molecular complexity index is 363. The van der Waals surface area contributed by atoms with Gasteiger partial charge in [0.1, 0.15) is 11.6 Å². The Hall–Kier alpha value is -1.04. The van der Waals surface area contributed by atoms with E-state index in [4.69, 9.17) is 10.8 Å². The topological polar surface area (TPSA) is 58.3 Å². The van der Waals surface area contributed by atoms with E-state index in [1.54, 1.807) is 6.42 Å². The van der Waals surface area contributed by atoms with Crippen molar-refractivity contribution in [2.75, 3.05) is 13.2 Å². The largest absolute Gasteiger partial charge is 0.395 e. The Balaban J connectivity index is 2.36. The van der Waals surface area contributed by atoms with Crippen LogP contribution in [0.4, 0.5) is 8.78 Å². The van der Waals surface area contributed by atoms with E-state index in [1.807, 2.05) is 6.92 Å². The van der Waals surface area contributed by atoms with Gasteiger partial charge in [0.05, 0.1) is 6.61 Å². The molecule has 0 amide bonds. The van der Waals surface area contributed by atoms with Crippen LogP contribution in [-0.2, 0) is 0 Å². The number of benzene rings is 1. The van der Waals surface area contributed by atoms with Crippen molar-refractivity contribution in [3.05, 3.63) is 41.8 Å². The van der Waals surface area contributed by atoms with E-state index in [9.17, 15) is 8.78 Å². The normalized spacial score (nSPS) is 14.4. The summed E-state index contributed by atoms with van der Waals surface area (Å²) in [5, 5.41) is 12.2. The number of aliphatic hydroxyl groups is 1. The van der Waals surface area contributed by atoms with Crippen LogP contribution in [0.2, 0.25) is 0 Å². The third-order valence-corrected chi connectivity index (χ3v) is 2.92. The molecule has 1 radical (unpaired) electrons. The van der Waals surface area contributed by atoms with Crippen molar-refractivity contribution >= 4 is 0 Å². The summed E-state index contributed by atoms with van der Waals surface area (Å²) >= 11 is 0. The fourth-order valence-corrected chi connectivity index (χ4v) is 1.79. The molecule has 0 saturated carbocycles. The molecule has 0 aliphatic heterocycles. The van der Waals surface area contributed by atoms with Crippen LogP contribution in [0.3, 0.4) is 0 Å². The number of rotatable bonds is 8. The van der Waals surface area contributed by atoms with Gasteiger partial charge in [0.15, 0.2) is 0 Å². The fourth-order valence-electron chi connectivity index (χ4n) is 1.79. The zero-order valence-electron chi connectivity index (χ0n) is 11.1. The molecular formula is C14H21F2N2O. The standard InChI is InChI=1S/C14H21F2N2O/c1-2-14(9-19)18-4-3-13(17)7-10-5-11(15)8-12(16)6-10/h5-8,13-14,18-19H,2-4,9,17H2,1H3/t13-,14-/m1/s1. The summed E-state index contributed by atoms with van der Waals surface area (Å²) < 4.78 is 26.0. The maximum absolute atomic E-state index is 13.0. The molecule has 1 rings (SSSR count). The van der Waals surface area contributed by atoms with Gasteiger partial charge in [0, 0.05) is 24.6 Å². The van der Waals surface area contributed by atoms with Gasteiger partial charge in [-0.15, -0.1) is 0 Å². The first-order chi connectivity index (χ1) is 9.05.